The maximum atomic E-state index is 12.5. The normalized spacial score (nSPS) is 10.5. The molecule has 0 aliphatic carbocycles. The van der Waals surface area contributed by atoms with Gasteiger partial charge in [-0.3, -0.25) is 10.1 Å². The zero-order valence-corrected chi connectivity index (χ0v) is 15.6. The van der Waals surface area contributed by atoms with Crippen molar-refractivity contribution in [1.82, 2.24) is 4.98 Å². The minimum absolute atomic E-state index is 0.252. The van der Waals surface area contributed by atoms with Gasteiger partial charge in [0.25, 0.3) is 5.91 Å². The number of ether oxygens (including phenoxy) is 1. The summed E-state index contributed by atoms with van der Waals surface area (Å²) < 4.78 is 6.06. The number of rotatable bonds is 4. The molecule has 3 rings (SSSR count). The quantitative estimate of drug-likeness (QED) is 0.656. The summed E-state index contributed by atoms with van der Waals surface area (Å²) in [5, 5.41) is 5.31. The van der Waals surface area contributed by atoms with Crippen LogP contribution in [-0.2, 0) is 0 Å². The second-order valence-corrected chi connectivity index (χ2v) is 6.98. The largest absolute Gasteiger partial charge is 0.496 e. The van der Waals surface area contributed by atoms with Gasteiger partial charge in [0.15, 0.2) is 5.13 Å². The lowest BCUT2D eigenvalue weighted by Crippen LogP contribution is -2.13. The van der Waals surface area contributed by atoms with Gasteiger partial charge in [-0.1, -0.05) is 45.8 Å². The van der Waals surface area contributed by atoms with Crippen molar-refractivity contribution in [3.05, 3.63) is 63.4 Å². The molecule has 0 aliphatic rings. The monoisotopic (exact) mass is 402 g/mol. The van der Waals surface area contributed by atoms with Crippen LogP contribution in [0.3, 0.4) is 0 Å². The zero-order chi connectivity index (χ0) is 17.1. The predicted molar refractivity (Wildman–Crippen MR) is 101 cm³/mol. The van der Waals surface area contributed by atoms with Crippen molar-refractivity contribution in [2.24, 2.45) is 0 Å². The second-order valence-electron chi connectivity index (χ2n) is 5.20. The number of carbonyl (C=O) groups is 1. The molecule has 0 aliphatic heterocycles. The lowest BCUT2D eigenvalue weighted by atomic mass is 10.1. The number of aryl methyl sites for hydroxylation is 1. The van der Waals surface area contributed by atoms with E-state index in [-0.39, 0.29) is 5.91 Å². The number of hydrogen-bond acceptors (Lipinski definition) is 4. The Hall–Kier alpha value is -2.18. The van der Waals surface area contributed by atoms with Gasteiger partial charge in [0, 0.05) is 15.4 Å². The molecule has 0 fully saturated rings. The summed E-state index contributed by atoms with van der Waals surface area (Å²) in [4.78, 5) is 17.0. The number of aromatic nitrogens is 1. The highest BCUT2D eigenvalue weighted by Crippen LogP contribution is 2.27. The average Bonchev–Trinajstić information content (AvgIpc) is 3.04. The molecule has 1 heterocycles. The molecule has 1 amide bonds. The minimum atomic E-state index is -0.252. The number of nitrogens with one attached hydrogen (secondary N) is 1. The van der Waals surface area contributed by atoms with Gasteiger partial charge in [-0.15, -0.1) is 11.3 Å². The highest BCUT2D eigenvalue weighted by atomic mass is 79.9. The summed E-state index contributed by atoms with van der Waals surface area (Å²) in [6.07, 6.45) is 0. The Balaban J connectivity index is 1.81. The molecule has 4 nitrogen and oxygen atoms in total. The first kappa shape index (κ1) is 16.7. The number of nitrogens with zero attached hydrogens (tertiary/aromatic N) is 1. The molecular weight excluding hydrogens is 388 g/mol. The van der Waals surface area contributed by atoms with E-state index in [0.29, 0.717) is 16.4 Å². The summed E-state index contributed by atoms with van der Waals surface area (Å²) in [5.74, 6) is 0.268. The SMILES string of the molecule is COc1ccc(Br)cc1C(=O)Nc1nc(-c2ccc(C)cc2)cs1. The maximum absolute atomic E-state index is 12.5. The zero-order valence-electron chi connectivity index (χ0n) is 13.2. The van der Waals surface area contributed by atoms with E-state index in [4.69, 9.17) is 4.74 Å². The third-order valence-electron chi connectivity index (χ3n) is 3.48. The van der Waals surface area contributed by atoms with Gasteiger partial charge >= 0.3 is 0 Å². The van der Waals surface area contributed by atoms with Gasteiger partial charge < -0.3 is 4.74 Å². The topological polar surface area (TPSA) is 51.2 Å². The molecule has 0 unspecified atom stereocenters. The Morgan fingerprint density at radius 1 is 1.21 bits per heavy atom. The summed E-state index contributed by atoms with van der Waals surface area (Å²) in [7, 11) is 1.54. The standard InChI is InChI=1S/C18H15BrN2O2S/c1-11-3-5-12(6-4-11)15-10-24-18(20-15)21-17(22)14-9-13(19)7-8-16(14)23-2/h3-10H,1-2H3,(H,20,21,22). The van der Waals surface area contributed by atoms with E-state index in [1.807, 2.05) is 42.6 Å². The number of halogens is 1. The van der Waals surface area contributed by atoms with E-state index < -0.39 is 0 Å². The number of amides is 1. The number of benzene rings is 2. The van der Waals surface area contributed by atoms with Crippen LogP contribution in [0.5, 0.6) is 5.75 Å². The number of anilines is 1. The molecule has 0 atom stereocenters. The van der Waals surface area contributed by atoms with Crippen molar-refractivity contribution in [2.45, 2.75) is 6.92 Å². The van der Waals surface area contributed by atoms with Crippen molar-refractivity contribution in [1.29, 1.82) is 0 Å². The summed E-state index contributed by atoms with van der Waals surface area (Å²) in [6.45, 7) is 2.04. The number of hydrogen-bond donors (Lipinski definition) is 1. The Bertz CT molecular complexity index is 875. The predicted octanol–water partition coefficient (Wildman–Crippen LogP) is 5.14. The van der Waals surface area contributed by atoms with Crippen molar-refractivity contribution >= 4 is 38.3 Å². The Kier molecular flexibility index (Phi) is 4.97. The van der Waals surface area contributed by atoms with Gasteiger partial charge in [-0.25, -0.2) is 4.98 Å². The van der Waals surface area contributed by atoms with Gasteiger partial charge in [-0.05, 0) is 25.1 Å². The molecule has 0 saturated heterocycles. The molecule has 1 aromatic heterocycles. The minimum Gasteiger partial charge on any atom is -0.496 e. The van der Waals surface area contributed by atoms with Crippen LogP contribution in [0.25, 0.3) is 11.3 Å². The van der Waals surface area contributed by atoms with Gasteiger partial charge in [0.1, 0.15) is 5.75 Å². The molecule has 0 bridgehead atoms. The number of methoxy groups -OCH3 is 1. The van der Waals surface area contributed by atoms with E-state index in [0.717, 1.165) is 15.7 Å². The smallest absolute Gasteiger partial charge is 0.261 e. The molecule has 122 valence electrons. The van der Waals surface area contributed by atoms with Crippen molar-refractivity contribution in [3.8, 4) is 17.0 Å². The van der Waals surface area contributed by atoms with Crippen molar-refractivity contribution < 1.29 is 9.53 Å². The van der Waals surface area contributed by atoms with Crippen LogP contribution in [-0.4, -0.2) is 18.0 Å². The second kappa shape index (κ2) is 7.15. The van der Waals surface area contributed by atoms with E-state index in [1.54, 1.807) is 19.2 Å². The Labute approximate surface area is 152 Å². The van der Waals surface area contributed by atoms with Gasteiger partial charge in [0.2, 0.25) is 0 Å². The summed E-state index contributed by atoms with van der Waals surface area (Å²) in [5.41, 5.74) is 3.53. The average molecular weight is 403 g/mol. The van der Waals surface area contributed by atoms with Crippen molar-refractivity contribution in [3.63, 3.8) is 0 Å². The highest BCUT2D eigenvalue weighted by Gasteiger charge is 2.15. The van der Waals surface area contributed by atoms with Crippen LogP contribution in [0, 0.1) is 6.92 Å². The fourth-order valence-corrected chi connectivity index (χ4v) is 3.29. The first-order valence-corrected chi connectivity index (χ1v) is 8.91. The Morgan fingerprint density at radius 3 is 2.67 bits per heavy atom. The molecule has 0 spiro atoms. The lowest BCUT2D eigenvalue weighted by Gasteiger charge is -2.08. The third-order valence-corrected chi connectivity index (χ3v) is 4.73. The van der Waals surface area contributed by atoms with E-state index in [1.165, 1.54) is 16.9 Å². The maximum Gasteiger partial charge on any atom is 0.261 e. The van der Waals surface area contributed by atoms with Gasteiger partial charge in [-0.2, -0.15) is 0 Å². The van der Waals surface area contributed by atoms with Crippen LogP contribution >= 0.6 is 27.3 Å². The fraction of sp³-hybridized carbons (Fsp3) is 0.111. The molecule has 3 aromatic rings. The Morgan fingerprint density at radius 2 is 1.96 bits per heavy atom. The summed E-state index contributed by atoms with van der Waals surface area (Å²) in [6, 6.07) is 13.4. The molecule has 1 N–H and O–H groups in total. The lowest BCUT2D eigenvalue weighted by molar-refractivity contribution is 0.102. The van der Waals surface area contributed by atoms with Crippen LogP contribution in [0.2, 0.25) is 0 Å². The van der Waals surface area contributed by atoms with Crippen LogP contribution in [0.1, 0.15) is 15.9 Å². The molecule has 0 radical (unpaired) electrons. The molecule has 2 aromatic carbocycles. The summed E-state index contributed by atoms with van der Waals surface area (Å²) >= 11 is 4.76. The fourth-order valence-electron chi connectivity index (χ4n) is 2.21. The van der Waals surface area contributed by atoms with Crippen LogP contribution < -0.4 is 10.1 Å². The first-order valence-electron chi connectivity index (χ1n) is 7.24. The van der Waals surface area contributed by atoms with E-state index in [9.17, 15) is 4.79 Å². The van der Waals surface area contributed by atoms with Gasteiger partial charge in [0.05, 0.1) is 18.4 Å². The third kappa shape index (κ3) is 3.66. The number of carbonyl (C=O) groups excluding carboxylic acids is 1. The van der Waals surface area contributed by atoms with Crippen LogP contribution in [0.15, 0.2) is 52.3 Å². The molecule has 0 saturated carbocycles. The van der Waals surface area contributed by atoms with Crippen molar-refractivity contribution in [2.75, 3.05) is 12.4 Å². The van der Waals surface area contributed by atoms with E-state index in [2.05, 4.69) is 26.2 Å². The first-order chi connectivity index (χ1) is 11.6. The van der Waals surface area contributed by atoms with E-state index >= 15 is 0 Å². The molecule has 6 heteroatoms. The van der Waals surface area contributed by atoms with Crippen LogP contribution in [0.4, 0.5) is 5.13 Å². The molecular formula is C18H15BrN2O2S. The number of thiazole rings is 1. The highest BCUT2D eigenvalue weighted by molar-refractivity contribution is 9.10. The molecule has 24 heavy (non-hydrogen) atoms.